The number of nitrogens with zero attached hydrogens (tertiary/aromatic N) is 2. The van der Waals surface area contributed by atoms with E-state index < -0.39 is 5.97 Å². The van der Waals surface area contributed by atoms with Crippen molar-refractivity contribution in [3.05, 3.63) is 77.6 Å². The Hall–Kier alpha value is -3.28. The van der Waals surface area contributed by atoms with Gasteiger partial charge in [0.15, 0.2) is 17.6 Å². The third kappa shape index (κ3) is 3.79. The number of benzene rings is 2. The van der Waals surface area contributed by atoms with Crippen molar-refractivity contribution in [2.24, 2.45) is 0 Å². The average molecular weight is 364 g/mol. The SMILES string of the molecule is Cc1c(C(=O)OCC2COc3ccccc3O2)cnn1Cc1ccccc1. The van der Waals surface area contributed by atoms with Gasteiger partial charge in [0.1, 0.15) is 18.8 Å². The number of rotatable bonds is 5. The molecule has 6 nitrogen and oxygen atoms in total. The summed E-state index contributed by atoms with van der Waals surface area (Å²) in [7, 11) is 0. The van der Waals surface area contributed by atoms with E-state index in [4.69, 9.17) is 14.2 Å². The van der Waals surface area contributed by atoms with E-state index in [0.717, 1.165) is 11.3 Å². The summed E-state index contributed by atoms with van der Waals surface area (Å²) in [5.74, 6) is 0.962. The molecule has 2 heterocycles. The van der Waals surface area contributed by atoms with Crippen LogP contribution >= 0.6 is 0 Å². The molecule has 0 spiro atoms. The highest BCUT2D eigenvalue weighted by Crippen LogP contribution is 2.30. The number of carbonyl (C=O) groups is 1. The standard InChI is InChI=1S/C21H20N2O4/c1-15-18(11-22-23(15)12-16-7-3-2-4-8-16)21(24)26-14-17-13-25-19-9-5-6-10-20(19)27-17/h2-11,17H,12-14H2,1H3. The van der Waals surface area contributed by atoms with Gasteiger partial charge in [0, 0.05) is 0 Å². The minimum absolute atomic E-state index is 0.122. The maximum Gasteiger partial charge on any atom is 0.341 e. The Morgan fingerprint density at radius 1 is 1.15 bits per heavy atom. The van der Waals surface area contributed by atoms with E-state index in [1.54, 1.807) is 10.9 Å². The van der Waals surface area contributed by atoms with Gasteiger partial charge in [-0.2, -0.15) is 5.10 Å². The van der Waals surface area contributed by atoms with Gasteiger partial charge in [-0.1, -0.05) is 42.5 Å². The molecule has 1 aliphatic rings. The van der Waals surface area contributed by atoms with Crippen molar-refractivity contribution in [1.29, 1.82) is 0 Å². The molecular formula is C21H20N2O4. The second-order valence-electron chi connectivity index (χ2n) is 6.38. The summed E-state index contributed by atoms with van der Waals surface area (Å²) in [4.78, 5) is 12.4. The van der Waals surface area contributed by atoms with Crippen LogP contribution in [-0.4, -0.2) is 35.1 Å². The summed E-state index contributed by atoms with van der Waals surface area (Å²) in [5, 5.41) is 4.32. The molecule has 0 bridgehead atoms. The lowest BCUT2D eigenvalue weighted by Crippen LogP contribution is -2.34. The van der Waals surface area contributed by atoms with Crippen LogP contribution < -0.4 is 9.47 Å². The van der Waals surface area contributed by atoms with Gasteiger partial charge in [-0.3, -0.25) is 4.68 Å². The van der Waals surface area contributed by atoms with E-state index in [1.165, 1.54) is 0 Å². The Morgan fingerprint density at radius 3 is 2.70 bits per heavy atom. The summed E-state index contributed by atoms with van der Waals surface area (Å²) in [6, 6.07) is 17.4. The number of hydrogen-bond donors (Lipinski definition) is 0. The molecule has 0 amide bonds. The van der Waals surface area contributed by atoms with Crippen molar-refractivity contribution in [1.82, 2.24) is 9.78 Å². The highest BCUT2D eigenvalue weighted by Gasteiger charge is 2.23. The van der Waals surface area contributed by atoms with Crippen LogP contribution in [0.5, 0.6) is 11.5 Å². The summed E-state index contributed by atoms with van der Waals surface area (Å²) < 4.78 is 18.7. The number of aromatic nitrogens is 2. The van der Waals surface area contributed by atoms with Crippen LogP contribution in [0.3, 0.4) is 0 Å². The Morgan fingerprint density at radius 2 is 1.89 bits per heavy atom. The van der Waals surface area contributed by atoms with Gasteiger partial charge in [-0.15, -0.1) is 0 Å². The monoisotopic (exact) mass is 364 g/mol. The van der Waals surface area contributed by atoms with Crippen molar-refractivity contribution in [2.75, 3.05) is 13.2 Å². The van der Waals surface area contributed by atoms with Crippen molar-refractivity contribution in [2.45, 2.75) is 19.6 Å². The zero-order chi connectivity index (χ0) is 18.6. The molecule has 0 radical (unpaired) electrons. The topological polar surface area (TPSA) is 62.6 Å². The Balaban J connectivity index is 1.36. The predicted molar refractivity (Wildman–Crippen MR) is 99.1 cm³/mol. The molecule has 138 valence electrons. The molecule has 0 aliphatic carbocycles. The van der Waals surface area contributed by atoms with E-state index in [9.17, 15) is 4.79 Å². The number of carbonyl (C=O) groups excluding carboxylic acids is 1. The summed E-state index contributed by atoms with van der Waals surface area (Å²) in [5.41, 5.74) is 2.35. The molecule has 4 rings (SSSR count). The normalized spacial score (nSPS) is 15.4. The largest absolute Gasteiger partial charge is 0.486 e. The summed E-state index contributed by atoms with van der Waals surface area (Å²) >= 11 is 0. The average Bonchev–Trinajstić information content (AvgIpc) is 3.07. The number of hydrogen-bond acceptors (Lipinski definition) is 5. The fourth-order valence-electron chi connectivity index (χ4n) is 2.95. The van der Waals surface area contributed by atoms with Crippen molar-refractivity contribution in [3.63, 3.8) is 0 Å². The lowest BCUT2D eigenvalue weighted by atomic mass is 10.2. The van der Waals surface area contributed by atoms with Crippen molar-refractivity contribution < 1.29 is 19.0 Å². The zero-order valence-corrected chi connectivity index (χ0v) is 15.0. The Bertz CT molecular complexity index is 936. The summed E-state index contributed by atoms with van der Waals surface area (Å²) in [6.07, 6.45) is 1.22. The Labute approximate surface area is 157 Å². The lowest BCUT2D eigenvalue weighted by Gasteiger charge is -2.25. The van der Waals surface area contributed by atoms with Crippen molar-refractivity contribution in [3.8, 4) is 11.5 Å². The van der Waals surface area contributed by atoms with Crippen LogP contribution in [0.1, 0.15) is 21.6 Å². The highest BCUT2D eigenvalue weighted by molar-refractivity contribution is 5.90. The maximum atomic E-state index is 12.4. The van der Waals surface area contributed by atoms with Crippen LogP contribution in [-0.2, 0) is 11.3 Å². The first kappa shape index (κ1) is 17.1. The highest BCUT2D eigenvalue weighted by atomic mass is 16.6. The minimum atomic E-state index is -0.408. The van der Waals surface area contributed by atoms with Crippen molar-refractivity contribution >= 4 is 5.97 Å². The van der Waals surface area contributed by atoms with Gasteiger partial charge in [-0.05, 0) is 24.6 Å². The van der Waals surface area contributed by atoms with E-state index in [0.29, 0.717) is 30.2 Å². The predicted octanol–water partition coefficient (Wildman–Crippen LogP) is 3.24. The molecule has 0 saturated carbocycles. The van der Waals surface area contributed by atoms with Gasteiger partial charge in [0.25, 0.3) is 0 Å². The second kappa shape index (κ2) is 7.53. The van der Waals surface area contributed by atoms with Gasteiger partial charge < -0.3 is 14.2 Å². The van der Waals surface area contributed by atoms with Crippen LogP contribution in [0.15, 0.2) is 60.8 Å². The fraction of sp³-hybridized carbons (Fsp3) is 0.238. The maximum absolute atomic E-state index is 12.4. The van der Waals surface area contributed by atoms with Crippen LogP contribution in [0.25, 0.3) is 0 Å². The lowest BCUT2D eigenvalue weighted by molar-refractivity contribution is 0.0109. The summed E-state index contributed by atoms with van der Waals surface area (Å²) in [6.45, 7) is 2.94. The number of ether oxygens (including phenoxy) is 3. The van der Waals surface area contributed by atoms with Gasteiger partial charge in [0.05, 0.1) is 18.4 Å². The molecule has 27 heavy (non-hydrogen) atoms. The molecular weight excluding hydrogens is 344 g/mol. The van der Waals surface area contributed by atoms with Gasteiger partial charge >= 0.3 is 5.97 Å². The first-order valence-corrected chi connectivity index (χ1v) is 8.82. The molecule has 3 aromatic rings. The first-order valence-electron chi connectivity index (χ1n) is 8.82. The zero-order valence-electron chi connectivity index (χ0n) is 15.0. The third-order valence-electron chi connectivity index (χ3n) is 4.47. The molecule has 6 heteroatoms. The number of esters is 1. The quantitative estimate of drug-likeness (QED) is 0.651. The molecule has 1 atom stereocenters. The molecule has 1 aliphatic heterocycles. The first-order chi connectivity index (χ1) is 13.2. The number of para-hydroxylation sites is 2. The minimum Gasteiger partial charge on any atom is -0.486 e. The molecule has 0 fully saturated rings. The fourth-order valence-corrected chi connectivity index (χ4v) is 2.95. The van der Waals surface area contributed by atoms with E-state index in [2.05, 4.69) is 5.10 Å². The van der Waals surface area contributed by atoms with Gasteiger partial charge in [-0.25, -0.2) is 4.79 Å². The van der Waals surface area contributed by atoms with Crippen LogP contribution in [0, 0.1) is 6.92 Å². The van der Waals surface area contributed by atoms with Crippen LogP contribution in [0.2, 0.25) is 0 Å². The molecule has 0 saturated heterocycles. The van der Waals surface area contributed by atoms with E-state index in [1.807, 2.05) is 61.5 Å². The van der Waals surface area contributed by atoms with E-state index >= 15 is 0 Å². The second-order valence-corrected chi connectivity index (χ2v) is 6.38. The molecule has 0 N–H and O–H groups in total. The third-order valence-corrected chi connectivity index (χ3v) is 4.47. The Kier molecular flexibility index (Phi) is 4.78. The molecule has 1 unspecified atom stereocenters. The molecule has 1 aromatic heterocycles. The van der Waals surface area contributed by atoms with E-state index in [-0.39, 0.29) is 12.7 Å². The van der Waals surface area contributed by atoms with Gasteiger partial charge in [0.2, 0.25) is 0 Å². The number of fused-ring (bicyclic) bond motifs is 1. The van der Waals surface area contributed by atoms with Crippen LogP contribution in [0.4, 0.5) is 0 Å². The smallest absolute Gasteiger partial charge is 0.341 e. The molecule has 2 aromatic carbocycles.